The maximum Gasteiger partial charge on any atom is 0.130 e. The van der Waals surface area contributed by atoms with Crippen molar-refractivity contribution >= 4 is 11.5 Å². The number of rotatable bonds is 0. The molecule has 3 heteroatoms. The molecule has 3 nitrogen and oxygen atoms in total. The van der Waals surface area contributed by atoms with Crippen molar-refractivity contribution in [3.63, 3.8) is 0 Å². The molecule has 56 valence electrons. The summed E-state index contributed by atoms with van der Waals surface area (Å²) in [5, 5.41) is 0. The van der Waals surface area contributed by atoms with Crippen molar-refractivity contribution in [1.29, 1.82) is 0 Å². The SMILES string of the molecule is O=C=C1CCCc2[nH]cnc21. The lowest BCUT2D eigenvalue weighted by atomic mass is 9.97. The van der Waals surface area contributed by atoms with Crippen molar-refractivity contribution in [3.05, 3.63) is 17.7 Å². The molecule has 2 rings (SSSR count). The van der Waals surface area contributed by atoms with Gasteiger partial charge in [0.25, 0.3) is 0 Å². The van der Waals surface area contributed by atoms with Crippen molar-refractivity contribution in [3.8, 4) is 0 Å². The second kappa shape index (κ2) is 2.36. The lowest BCUT2D eigenvalue weighted by Gasteiger charge is -2.08. The molecule has 0 bridgehead atoms. The summed E-state index contributed by atoms with van der Waals surface area (Å²) in [6.07, 6.45) is 4.48. The fraction of sp³-hybridized carbons (Fsp3) is 0.375. The lowest BCUT2D eigenvalue weighted by molar-refractivity contribution is 0.568. The molecule has 1 aliphatic carbocycles. The number of fused-ring (bicyclic) bond motifs is 1. The van der Waals surface area contributed by atoms with Crippen LogP contribution in [0.15, 0.2) is 6.33 Å². The number of allylic oxidation sites excluding steroid dienone is 1. The highest BCUT2D eigenvalue weighted by molar-refractivity contribution is 5.87. The quantitative estimate of drug-likeness (QED) is 0.557. The Labute approximate surface area is 64.2 Å². The highest BCUT2D eigenvalue weighted by atomic mass is 16.1. The summed E-state index contributed by atoms with van der Waals surface area (Å²) in [4.78, 5) is 17.5. The molecule has 1 heterocycles. The van der Waals surface area contributed by atoms with Crippen molar-refractivity contribution in [2.24, 2.45) is 0 Å². The summed E-state index contributed by atoms with van der Waals surface area (Å²) in [5.41, 5.74) is 2.62. The monoisotopic (exact) mass is 148 g/mol. The molecule has 0 atom stereocenters. The van der Waals surface area contributed by atoms with E-state index in [9.17, 15) is 4.79 Å². The Bertz CT molecular complexity index is 321. The van der Waals surface area contributed by atoms with E-state index in [0.717, 1.165) is 30.7 Å². The summed E-state index contributed by atoms with van der Waals surface area (Å²) in [5.74, 6) is 1.93. The second-order valence-electron chi connectivity index (χ2n) is 2.66. The molecule has 0 fully saturated rings. The zero-order valence-corrected chi connectivity index (χ0v) is 6.05. The Kier molecular flexibility index (Phi) is 1.37. The van der Waals surface area contributed by atoms with Gasteiger partial charge in [0.2, 0.25) is 0 Å². The summed E-state index contributed by atoms with van der Waals surface area (Å²) in [6.45, 7) is 0. The van der Waals surface area contributed by atoms with E-state index in [1.807, 2.05) is 5.94 Å². The first-order valence-corrected chi connectivity index (χ1v) is 3.68. The Morgan fingerprint density at radius 3 is 3.27 bits per heavy atom. The van der Waals surface area contributed by atoms with Gasteiger partial charge in [0.1, 0.15) is 5.94 Å². The average molecular weight is 148 g/mol. The fourth-order valence-electron chi connectivity index (χ4n) is 1.43. The van der Waals surface area contributed by atoms with Crippen LogP contribution in [0.4, 0.5) is 0 Å². The van der Waals surface area contributed by atoms with Crippen LogP contribution in [0, 0.1) is 0 Å². The van der Waals surface area contributed by atoms with Gasteiger partial charge in [-0.2, -0.15) is 0 Å². The number of hydrogen-bond acceptors (Lipinski definition) is 2. The predicted octanol–water partition coefficient (Wildman–Crippen LogP) is 0.961. The van der Waals surface area contributed by atoms with Gasteiger partial charge in [-0.15, -0.1) is 0 Å². The first-order valence-electron chi connectivity index (χ1n) is 3.68. The van der Waals surface area contributed by atoms with Crippen molar-refractivity contribution in [2.45, 2.75) is 19.3 Å². The molecule has 11 heavy (non-hydrogen) atoms. The largest absolute Gasteiger partial charge is 0.348 e. The van der Waals surface area contributed by atoms with Gasteiger partial charge in [-0.25, -0.2) is 9.78 Å². The minimum absolute atomic E-state index is 0.715. The second-order valence-corrected chi connectivity index (χ2v) is 2.66. The number of aromatic nitrogens is 2. The van der Waals surface area contributed by atoms with E-state index in [2.05, 4.69) is 9.97 Å². The number of aryl methyl sites for hydroxylation is 1. The van der Waals surface area contributed by atoms with Gasteiger partial charge in [-0.3, -0.25) is 0 Å². The molecule has 0 saturated heterocycles. The number of H-pyrrole nitrogens is 1. The predicted molar refractivity (Wildman–Crippen MR) is 40.6 cm³/mol. The third-order valence-electron chi connectivity index (χ3n) is 1.98. The van der Waals surface area contributed by atoms with Crippen LogP contribution in [0.5, 0.6) is 0 Å². The standard InChI is InChI=1S/C8H8N2O/c11-4-6-2-1-3-7-8(6)10-5-9-7/h5H,1-3H2,(H,9,10). The molecular weight excluding hydrogens is 140 g/mol. The first kappa shape index (κ1) is 6.38. The summed E-state index contributed by atoms with van der Waals surface area (Å²) in [7, 11) is 0. The van der Waals surface area contributed by atoms with Crippen LogP contribution >= 0.6 is 0 Å². The van der Waals surface area contributed by atoms with Gasteiger partial charge in [0.05, 0.1) is 17.6 Å². The minimum atomic E-state index is 0.715. The summed E-state index contributed by atoms with van der Waals surface area (Å²) in [6, 6.07) is 0. The first-order chi connectivity index (χ1) is 5.42. The maximum atomic E-state index is 10.4. The third kappa shape index (κ3) is 0.900. The summed E-state index contributed by atoms with van der Waals surface area (Å²) >= 11 is 0. The van der Waals surface area contributed by atoms with E-state index in [4.69, 9.17) is 0 Å². The van der Waals surface area contributed by atoms with E-state index >= 15 is 0 Å². The number of nitrogens with zero attached hydrogens (tertiary/aromatic N) is 1. The topological polar surface area (TPSA) is 45.8 Å². The van der Waals surface area contributed by atoms with Gasteiger partial charge < -0.3 is 4.98 Å². The number of hydrogen-bond donors (Lipinski definition) is 1. The molecule has 0 amide bonds. The lowest BCUT2D eigenvalue weighted by Crippen LogP contribution is -2.01. The Hall–Kier alpha value is -1.34. The van der Waals surface area contributed by atoms with Crippen LogP contribution in [-0.4, -0.2) is 15.9 Å². The molecule has 0 unspecified atom stereocenters. The molecule has 0 radical (unpaired) electrons. The van der Waals surface area contributed by atoms with Gasteiger partial charge >= 0.3 is 0 Å². The van der Waals surface area contributed by atoms with Crippen molar-refractivity contribution in [2.75, 3.05) is 0 Å². The van der Waals surface area contributed by atoms with Crippen molar-refractivity contribution < 1.29 is 4.79 Å². The van der Waals surface area contributed by atoms with Gasteiger partial charge in [0, 0.05) is 5.69 Å². The van der Waals surface area contributed by atoms with Crippen LogP contribution in [0.2, 0.25) is 0 Å². The van der Waals surface area contributed by atoms with Crippen LogP contribution in [0.25, 0.3) is 5.57 Å². The molecule has 0 saturated carbocycles. The van der Waals surface area contributed by atoms with Crippen LogP contribution in [0.3, 0.4) is 0 Å². The highest BCUT2D eigenvalue weighted by Gasteiger charge is 2.16. The number of carbonyl (C=O) groups excluding carboxylic acids is 1. The smallest absolute Gasteiger partial charge is 0.130 e. The van der Waals surface area contributed by atoms with E-state index < -0.39 is 0 Å². The Morgan fingerprint density at radius 2 is 2.45 bits per heavy atom. The zero-order chi connectivity index (χ0) is 7.68. The van der Waals surface area contributed by atoms with E-state index in [1.165, 1.54) is 0 Å². The number of nitrogens with one attached hydrogen (secondary N) is 1. The van der Waals surface area contributed by atoms with E-state index in [0.29, 0.717) is 5.57 Å². The average Bonchev–Trinajstić information content (AvgIpc) is 2.50. The van der Waals surface area contributed by atoms with Crippen LogP contribution < -0.4 is 0 Å². The molecule has 0 aliphatic heterocycles. The van der Waals surface area contributed by atoms with Gasteiger partial charge in [-0.05, 0) is 19.3 Å². The minimum Gasteiger partial charge on any atom is -0.348 e. The van der Waals surface area contributed by atoms with Crippen molar-refractivity contribution in [1.82, 2.24) is 9.97 Å². The maximum absolute atomic E-state index is 10.4. The Morgan fingerprint density at radius 1 is 1.55 bits per heavy atom. The zero-order valence-electron chi connectivity index (χ0n) is 6.05. The molecule has 0 aromatic carbocycles. The molecule has 1 aliphatic rings. The molecule has 1 N–H and O–H groups in total. The normalized spacial score (nSPS) is 15.8. The molecule has 1 aromatic rings. The van der Waals surface area contributed by atoms with E-state index in [1.54, 1.807) is 6.33 Å². The highest BCUT2D eigenvalue weighted by Crippen LogP contribution is 2.25. The van der Waals surface area contributed by atoms with Crippen LogP contribution in [0.1, 0.15) is 24.2 Å². The Balaban J connectivity index is 2.56. The third-order valence-corrected chi connectivity index (χ3v) is 1.98. The molecular formula is C8H8N2O. The van der Waals surface area contributed by atoms with E-state index in [-0.39, 0.29) is 0 Å². The van der Waals surface area contributed by atoms with Gasteiger partial charge in [-0.1, -0.05) is 0 Å². The fourth-order valence-corrected chi connectivity index (χ4v) is 1.43. The van der Waals surface area contributed by atoms with Crippen LogP contribution in [-0.2, 0) is 11.2 Å². The number of aromatic amines is 1. The summed E-state index contributed by atoms with van der Waals surface area (Å²) < 4.78 is 0. The van der Waals surface area contributed by atoms with Gasteiger partial charge in [0.15, 0.2) is 0 Å². The molecule has 1 aromatic heterocycles. The molecule has 0 spiro atoms. The number of imidazole rings is 1.